The van der Waals surface area contributed by atoms with Crippen LogP contribution in [0.3, 0.4) is 0 Å². The summed E-state index contributed by atoms with van der Waals surface area (Å²) in [6.07, 6.45) is 3.29. The lowest BCUT2D eigenvalue weighted by atomic mass is 10.0. The number of pyridine rings is 2. The van der Waals surface area contributed by atoms with Crippen molar-refractivity contribution in [3.05, 3.63) is 94.6 Å². The van der Waals surface area contributed by atoms with Crippen molar-refractivity contribution in [2.24, 2.45) is 0 Å². The standard InChI is InChI=1S/C20H25FN4O4S.C18H21FN4O2/c1-3-30(27,28)25-10-8-14(9-11-25)23-18-7-5-15(20(22)24-18)19(26)16-12-13(21)4-6-17(16)29-2;1-25-15-4-2-11(19)10-14(15)17(24)13-3-5-16(23-18(13)20)22-12-6-8-21-9-7-12/h4-7,12,14H,3,8-11H2,1-2H3,(H3,22,23,24);2-5,10,12,21H,6-9H2,1H3,(H3,20,22,23). The number of rotatable bonds is 12. The zero-order chi connectivity index (χ0) is 39.7. The van der Waals surface area contributed by atoms with Crippen molar-refractivity contribution < 1.29 is 36.3 Å². The fourth-order valence-corrected chi connectivity index (χ4v) is 7.48. The molecule has 0 aliphatic carbocycles. The van der Waals surface area contributed by atoms with E-state index in [1.165, 1.54) is 48.9 Å². The Hall–Kier alpha value is -5.39. The third kappa shape index (κ3) is 10.2. The maximum Gasteiger partial charge on any atom is 0.213 e. The summed E-state index contributed by atoms with van der Waals surface area (Å²) in [4.78, 5) is 34.1. The number of ketones is 2. The van der Waals surface area contributed by atoms with Crippen molar-refractivity contribution >= 4 is 44.9 Å². The molecule has 2 aliphatic rings. The van der Waals surface area contributed by atoms with Crippen LogP contribution in [0.4, 0.5) is 32.1 Å². The van der Waals surface area contributed by atoms with E-state index in [0.29, 0.717) is 49.4 Å². The molecule has 0 bridgehead atoms. The Balaban J connectivity index is 0.000000214. The number of hydrogen-bond donors (Lipinski definition) is 5. The van der Waals surface area contributed by atoms with E-state index >= 15 is 0 Å². The number of piperidine rings is 2. The molecule has 4 aromatic rings. The molecule has 2 saturated heterocycles. The number of carbonyl (C=O) groups is 2. The van der Waals surface area contributed by atoms with Gasteiger partial charge in [-0.2, -0.15) is 0 Å². The van der Waals surface area contributed by atoms with Gasteiger partial charge in [0.15, 0.2) is 0 Å². The van der Waals surface area contributed by atoms with E-state index in [0.717, 1.165) is 38.1 Å². The topological polar surface area (TPSA) is 204 Å². The van der Waals surface area contributed by atoms with E-state index in [1.54, 1.807) is 25.1 Å². The van der Waals surface area contributed by atoms with E-state index in [2.05, 4.69) is 25.9 Å². The van der Waals surface area contributed by atoms with E-state index < -0.39 is 33.2 Å². The van der Waals surface area contributed by atoms with Crippen molar-refractivity contribution in [3.63, 3.8) is 0 Å². The lowest BCUT2D eigenvalue weighted by molar-refractivity contribution is 0.102. The highest BCUT2D eigenvalue weighted by Gasteiger charge is 2.27. The smallest absolute Gasteiger partial charge is 0.213 e. The molecule has 2 aromatic heterocycles. The predicted octanol–water partition coefficient (Wildman–Crippen LogP) is 4.47. The summed E-state index contributed by atoms with van der Waals surface area (Å²) in [5, 5.41) is 9.87. The van der Waals surface area contributed by atoms with Crippen molar-refractivity contribution in [1.29, 1.82) is 0 Å². The molecule has 0 atom stereocenters. The molecule has 0 saturated carbocycles. The number of nitrogens with zero attached hydrogens (tertiary/aromatic N) is 3. The van der Waals surface area contributed by atoms with Gasteiger partial charge in [0, 0.05) is 25.2 Å². The summed E-state index contributed by atoms with van der Waals surface area (Å²) < 4.78 is 62.8. The highest BCUT2D eigenvalue weighted by Crippen LogP contribution is 2.28. The Labute approximate surface area is 319 Å². The number of benzene rings is 2. The van der Waals surface area contributed by atoms with Gasteiger partial charge in [-0.3, -0.25) is 9.59 Å². The summed E-state index contributed by atoms with van der Waals surface area (Å²) in [7, 11) is -0.352. The maximum absolute atomic E-state index is 13.6. The molecule has 4 heterocycles. The average molecular weight is 781 g/mol. The minimum Gasteiger partial charge on any atom is -0.496 e. The van der Waals surface area contributed by atoms with Crippen LogP contribution in [0.15, 0.2) is 60.7 Å². The van der Waals surface area contributed by atoms with E-state index in [4.69, 9.17) is 20.9 Å². The van der Waals surface area contributed by atoms with Crippen LogP contribution in [-0.2, 0) is 10.0 Å². The predicted molar refractivity (Wildman–Crippen MR) is 207 cm³/mol. The van der Waals surface area contributed by atoms with Crippen LogP contribution < -0.4 is 36.9 Å². The third-order valence-corrected chi connectivity index (χ3v) is 11.3. The number of nitrogen functional groups attached to an aromatic ring is 2. The number of nitrogens with one attached hydrogen (secondary N) is 3. The van der Waals surface area contributed by atoms with Crippen LogP contribution in [0.5, 0.6) is 11.5 Å². The van der Waals surface area contributed by atoms with Gasteiger partial charge in [-0.05, 0) is 106 Å². The summed E-state index contributed by atoms with van der Waals surface area (Å²) in [6, 6.07) is 14.4. The van der Waals surface area contributed by atoms with Gasteiger partial charge < -0.3 is 36.9 Å². The molecule has 0 spiro atoms. The Morgan fingerprint density at radius 3 is 1.58 bits per heavy atom. The van der Waals surface area contributed by atoms with Crippen molar-refractivity contribution in [2.75, 3.05) is 68.3 Å². The minimum atomic E-state index is -3.18. The lowest BCUT2D eigenvalue weighted by Crippen LogP contribution is -2.43. The summed E-state index contributed by atoms with van der Waals surface area (Å²) in [5.41, 5.74) is 12.5. The van der Waals surface area contributed by atoms with Gasteiger partial charge in [0.05, 0.1) is 42.2 Å². The Morgan fingerprint density at radius 2 is 1.18 bits per heavy atom. The number of aromatic nitrogens is 2. The van der Waals surface area contributed by atoms with Crippen LogP contribution in [0.25, 0.3) is 0 Å². The molecule has 14 nitrogen and oxygen atoms in total. The van der Waals surface area contributed by atoms with Crippen molar-refractivity contribution in [3.8, 4) is 11.5 Å². The second-order valence-electron chi connectivity index (χ2n) is 13.0. The molecule has 2 aromatic carbocycles. The van der Waals surface area contributed by atoms with E-state index in [-0.39, 0.29) is 51.4 Å². The maximum atomic E-state index is 13.6. The first-order chi connectivity index (χ1) is 26.3. The molecule has 17 heteroatoms. The summed E-state index contributed by atoms with van der Waals surface area (Å²) in [6.45, 7) is 4.44. The number of anilines is 4. The van der Waals surface area contributed by atoms with Gasteiger partial charge in [-0.25, -0.2) is 31.5 Å². The highest BCUT2D eigenvalue weighted by atomic mass is 32.2. The van der Waals surface area contributed by atoms with Gasteiger partial charge >= 0.3 is 0 Å². The number of sulfonamides is 1. The molecule has 6 rings (SSSR count). The summed E-state index contributed by atoms with van der Waals surface area (Å²) in [5.74, 6) is -0.0957. The third-order valence-electron chi connectivity index (χ3n) is 9.41. The Kier molecular flexibility index (Phi) is 13.6. The number of nitrogens with two attached hydrogens (primary N) is 2. The number of carbonyl (C=O) groups excluding carboxylic acids is 2. The number of hydrogen-bond acceptors (Lipinski definition) is 13. The van der Waals surface area contributed by atoms with E-state index in [1.807, 2.05) is 0 Å². The molecule has 7 N–H and O–H groups in total. The molecular formula is C38H46F2N8O6S. The Bertz CT molecular complexity index is 2110. The minimum absolute atomic E-state index is 0.0160. The van der Waals surface area contributed by atoms with Crippen LogP contribution in [0.1, 0.15) is 64.4 Å². The van der Waals surface area contributed by atoms with Gasteiger partial charge in [0.2, 0.25) is 21.6 Å². The largest absolute Gasteiger partial charge is 0.496 e. The first-order valence-corrected chi connectivity index (χ1v) is 19.5. The van der Waals surface area contributed by atoms with E-state index in [9.17, 15) is 26.8 Å². The van der Waals surface area contributed by atoms with Gasteiger partial charge in [-0.15, -0.1) is 0 Å². The first kappa shape index (κ1) is 40.8. The molecular weight excluding hydrogens is 735 g/mol. The number of ether oxygens (including phenoxy) is 2. The summed E-state index contributed by atoms with van der Waals surface area (Å²) >= 11 is 0. The molecule has 0 unspecified atom stereocenters. The fourth-order valence-electron chi connectivity index (χ4n) is 6.35. The number of methoxy groups -OCH3 is 2. The number of halogens is 2. The molecule has 0 radical (unpaired) electrons. The zero-order valence-corrected chi connectivity index (χ0v) is 31.7. The van der Waals surface area contributed by atoms with Gasteiger partial charge in [0.25, 0.3) is 0 Å². The zero-order valence-electron chi connectivity index (χ0n) is 30.9. The fraction of sp³-hybridized carbons (Fsp3) is 0.368. The van der Waals surface area contributed by atoms with Crippen LogP contribution in [-0.4, -0.2) is 92.5 Å². The molecule has 0 amide bonds. The molecule has 55 heavy (non-hydrogen) atoms. The van der Waals surface area contributed by atoms with Crippen LogP contribution in [0, 0.1) is 11.6 Å². The Morgan fingerprint density at radius 1 is 0.745 bits per heavy atom. The van der Waals surface area contributed by atoms with Crippen molar-refractivity contribution in [2.45, 2.75) is 44.7 Å². The molecule has 294 valence electrons. The first-order valence-electron chi connectivity index (χ1n) is 17.8. The highest BCUT2D eigenvalue weighted by molar-refractivity contribution is 7.89. The van der Waals surface area contributed by atoms with Crippen LogP contribution >= 0.6 is 0 Å². The molecule has 2 aliphatic heterocycles. The van der Waals surface area contributed by atoms with Gasteiger partial charge in [0.1, 0.15) is 46.4 Å². The SMILES string of the molecule is CCS(=O)(=O)N1CCC(Nc2ccc(C(=O)c3cc(F)ccc3OC)c(N)n2)CC1.COc1ccc(F)cc1C(=O)c1ccc(NC2CCNCC2)nc1N. The average Bonchev–Trinajstić information content (AvgIpc) is 3.18. The van der Waals surface area contributed by atoms with Crippen molar-refractivity contribution in [1.82, 2.24) is 19.6 Å². The monoisotopic (exact) mass is 780 g/mol. The second kappa shape index (κ2) is 18.3. The lowest BCUT2D eigenvalue weighted by Gasteiger charge is -2.31. The normalized spacial score (nSPS) is 15.4. The molecule has 2 fully saturated rings. The quantitative estimate of drug-likeness (QED) is 0.126. The second-order valence-corrected chi connectivity index (χ2v) is 15.3. The van der Waals surface area contributed by atoms with Crippen LogP contribution in [0.2, 0.25) is 0 Å². The van der Waals surface area contributed by atoms with Gasteiger partial charge in [-0.1, -0.05) is 0 Å².